The maximum Gasteiger partial charge on any atom is 0.316 e. The second-order valence-electron chi connectivity index (χ2n) is 6.22. The Morgan fingerprint density at radius 2 is 1.80 bits per heavy atom. The summed E-state index contributed by atoms with van der Waals surface area (Å²) in [6.45, 7) is 8.01. The Kier molecular flexibility index (Phi) is 6.18. The highest BCUT2D eigenvalue weighted by Crippen LogP contribution is 2.38. The van der Waals surface area contributed by atoms with Crippen LogP contribution in [0.25, 0.3) is 0 Å². The Hall–Kier alpha value is -0.900. The third kappa shape index (κ3) is 3.60. The summed E-state index contributed by atoms with van der Waals surface area (Å²) in [5.41, 5.74) is -0.797. The first-order chi connectivity index (χ1) is 9.38. The molecule has 0 aromatic rings. The van der Waals surface area contributed by atoms with E-state index in [1.54, 1.807) is 14.0 Å². The Morgan fingerprint density at radius 3 is 2.20 bits per heavy atom. The van der Waals surface area contributed by atoms with Crippen LogP contribution in [0, 0.1) is 17.8 Å². The van der Waals surface area contributed by atoms with Crippen molar-refractivity contribution in [2.45, 2.75) is 59.0 Å². The minimum Gasteiger partial charge on any atom is -0.465 e. The van der Waals surface area contributed by atoms with E-state index < -0.39 is 17.5 Å². The average molecular weight is 284 g/mol. The Bertz CT molecular complexity index is 340. The molecule has 0 aromatic heterocycles. The molecule has 1 unspecified atom stereocenters. The van der Waals surface area contributed by atoms with Crippen molar-refractivity contribution < 1.29 is 19.1 Å². The van der Waals surface area contributed by atoms with Crippen LogP contribution in [0.3, 0.4) is 0 Å². The largest absolute Gasteiger partial charge is 0.465 e. The van der Waals surface area contributed by atoms with Crippen molar-refractivity contribution in [3.63, 3.8) is 0 Å². The highest BCUT2D eigenvalue weighted by atomic mass is 16.5. The molecule has 0 amide bonds. The minimum atomic E-state index is -0.797. The third-order valence-electron chi connectivity index (χ3n) is 4.41. The second kappa shape index (κ2) is 7.21. The number of hydrogen-bond donors (Lipinski definition) is 0. The smallest absolute Gasteiger partial charge is 0.316 e. The SMILES string of the molecule is CCOC(=O)C(C(=O)C1(OC)CCC(C)CC1)C(C)C. The van der Waals surface area contributed by atoms with Gasteiger partial charge >= 0.3 is 5.97 Å². The first kappa shape index (κ1) is 17.2. The molecule has 1 saturated carbocycles. The number of rotatable bonds is 6. The summed E-state index contributed by atoms with van der Waals surface area (Å²) < 4.78 is 10.7. The molecule has 0 bridgehead atoms. The second-order valence-corrected chi connectivity index (χ2v) is 6.22. The van der Waals surface area contributed by atoms with Crippen molar-refractivity contribution in [2.24, 2.45) is 17.8 Å². The fraction of sp³-hybridized carbons (Fsp3) is 0.875. The van der Waals surface area contributed by atoms with Crippen molar-refractivity contribution in [3.05, 3.63) is 0 Å². The Labute approximate surface area is 122 Å². The van der Waals surface area contributed by atoms with Crippen LogP contribution in [-0.2, 0) is 19.1 Å². The van der Waals surface area contributed by atoms with E-state index in [0.29, 0.717) is 25.4 Å². The molecule has 1 aliphatic carbocycles. The summed E-state index contributed by atoms with van der Waals surface area (Å²) in [5, 5.41) is 0. The van der Waals surface area contributed by atoms with Crippen molar-refractivity contribution >= 4 is 11.8 Å². The Balaban J connectivity index is 2.94. The summed E-state index contributed by atoms with van der Waals surface area (Å²) in [4.78, 5) is 25.0. The molecule has 0 saturated heterocycles. The van der Waals surface area contributed by atoms with Gasteiger partial charge in [0.05, 0.1) is 6.61 Å². The number of methoxy groups -OCH3 is 1. The molecule has 1 fully saturated rings. The average Bonchev–Trinajstić information content (AvgIpc) is 2.40. The van der Waals surface area contributed by atoms with Gasteiger partial charge in [0, 0.05) is 7.11 Å². The standard InChI is InChI=1S/C16H28O4/c1-6-20-15(18)13(11(2)3)14(17)16(19-5)9-7-12(4)8-10-16/h11-13H,6-10H2,1-5H3. The van der Waals surface area contributed by atoms with E-state index in [1.807, 2.05) is 13.8 Å². The van der Waals surface area contributed by atoms with Gasteiger partial charge in [-0.1, -0.05) is 20.8 Å². The number of Topliss-reactive ketones (excluding diaryl/α,β-unsaturated/α-hetero) is 1. The molecule has 0 heterocycles. The van der Waals surface area contributed by atoms with Gasteiger partial charge in [0.15, 0.2) is 5.78 Å². The molecule has 0 spiro atoms. The van der Waals surface area contributed by atoms with Gasteiger partial charge in [-0.25, -0.2) is 0 Å². The number of ketones is 1. The van der Waals surface area contributed by atoms with E-state index in [4.69, 9.17) is 9.47 Å². The summed E-state index contributed by atoms with van der Waals surface area (Å²) in [7, 11) is 1.58. The zero-order chi connectivity index (χ0) is 15.3. The van der Waals surface area contributed by atoms with E-state index in [1.165, 1.54) is 0 Å². The number of ether oxygens (including phenoxy) is 2. The van der Waals surface area contributed by atoms with Crippen molar-refractivity contribution in [3.8, 4) is 0 Å². The van der Waals surface area contributed by atoms with Gasteiger partial charge in [0.2, 0.25) is 0 Å². The fourth-order valence-electron chi connectivity index (χ4n) is 2.98. The van der Waals surface area contributed by atoms with E-state index in [2.05, 4.69) is 6.92 Å². The van der Waals surface area contributed by atoms with Crippen LogP contribution in [0.1, 0.15) is 53.4 Å². The van der Waals surface area contributed by atoms with Gasteiger partial charge in [-0.05, 0) is 44.4 Å². The normalized spacial score (nSPS) is 28.2. The quantitative estimate of drug-likeness (QED) is 0.556. The molecule has 4 nitrogen and oxygen atoms in total. The van der Waals surface area contributed by atoms with Crippen LogP contribution in [0.4, 0.5) is 0 Å². The fourth-order valence-corrected chi connectivity index (χ4v) is 2.98. The zero-order valence-electron chi connectivity index (χ0n) is 13.4. The highest BCUT2D eigenvalue weighted by Gasteiger charge is 2.47. The lowest BCUT2D eigenvalue weighted by Gasteiger charge is -2.39. The molecule has 0 N–H and O–H groups in total. The zero-order valence-corrected chi connectivity index (χ0v) is 13.4. The summed E-state index contributed by atoms with van der Waals surface area (Å²) in [5.74, 6) is -0.690. The van der Waals surface area contributed by atoms with Gasteiger partial charge in [0.1, 0.15) is 11.5 Å². The lowest BCUT2D eigenvalue weighted by Crippen LogP contribution is -2.50. The molecular weight excluding hydrogens is 256 g/mol. The molecule has 116 valence electrons. The lowest BCUT2D eigenvalue weighted by atomic mass is 9.72. The minimum absolute atomic E-state index is 0.0760. The summed E-state index contributed by atoms with van der Waals surface area (Å²) in [6, 6.07) is 0. The van der Waals surface area contributed by atoms with Gasteiger partial charge in [0.25, 0.3) is 0 Å². The first-order valence-electron chi connectivity index (χ1n) is 7.64. The molecule has 1 rings (SSSR count). The monoisotopic (exact) mass is 284 g/mol. The molecule has 0 aliphatic heterocycles. The van der Waals surface area contributed by atoms with E-state index in [9.17, 15) is 9.59 Å². The topological polar surface area (TPSA) is 52.6 Å². The van der Waals surface area contributed by atoms with Crippen molar-refractivity contribution in [1.29, 1.82) is 0 Å². The van der Waals surface area contributed by atoms with Gasteiger partial charge in [-0.2, -0.15) is 0 Å². The molecule has 4 heteroatoms. The molecule has 1 aliphatic rings. The molecule has 0 radical (unpaired) electrons. The van der Waals surface area contributed by atoms with Crippen LogP contribution in [0.5, 0.6) is 0 Å². The molecule has 1 atom stereocenters. The van der Waals surface area contributed by atoms with Crippen LogP contribution >= 0.6 is 0 Å². The maximum atomic E-state index is 12.9. The highest BCUT2D eigenvalue weighted by molar-refractivity contribution is 6.03. The van der Waals surface area contributed by atoms with Crippen LogP contribution in [-0.4, -0.2) is 31.1 Å². The Morgan fingerprint density at radius 1 is 1.25 bits per heavy atom. The van der Waals surface area contributed by atoms with Gasteiger partial charge in [-0.15, -0.1) is 0 Å². The van der Waals surface area contributed by atoms with Gasteiger partial charge < -0.3 is 9.47 Å². The maximum absolute atomic E-state index is 12.9. The third-order valence-corrected chi connectivity index (χ3v) is 4.41. The predicted octanol–water partition coefficient (Wildman–Crippen LogP) is 2.99. The number of carbonyl (C=O) groups excluding carboxylic acids is 2. The van der Waals surface area contributed by atoms with E-state index in [-0.39, 0.29) is 11.7 Å². The lowest BCUT2D eigenvalue weighted by molar-refractivity contribution is -0.164. The predicted molar refractivity (Wildman–Crippen MR) is 77.3 cm³/mol. The van der Waals surface area contributed by atoms with Crippen LogP contribution < -0.4 is 0 Å². The van der Waals surface area contributed by atoms with Gasteiger partial charge in [-0.3, -0.25) is 9.59 Å². The number of esters is 1. The van der Waals surface area contributed by atoms with Crippen molar-refractivity contribution in [2.75, 3.05) is 13.7 Å². The number of hydrogen-bond acceptors (Lipinski definition) is 4. The van der Waals surface area contributed by atoms with Crippen LogP contribution in [0.2, 0.25) is 0 Å². The van der Waals surface area contributed by atoms with Crippen LogP contribution in [0.15, 0.2) is 0 Å². The number of carbonyl (C=O) groups is 2. The molecule has 0 aromatic carbocycles. The molecular formula is C16H28O4. The van der Waals surface area contributed by atoms with E-state index in [0.717, 1.165) is 12.8 Å². The van der Waals surface area contributed by atoms with E-state index >= 15 is 0 Å². The summed E-state index contributed by atoms with van der Waals surface area (Å²) >= 11 is 0. The summed E-state index contributed by atoms with van der Waals surface area (Å²) in [6.07, 6.45) is 3.33. The molecule has 20 heavy (non-hydrogen) atoms. The first-order valence-corrected chi connectivity index (χ1v) is 7.64. The van der Waals surface area contributed by atoms with Crippen molar-refractivity contribution in [1.82, 2.24) is 0 Å².